The summed E-state index contributed by atoms with van der Waals surface area (Å²) in [6.07, 6.45) is 1.67. The maximum atomic E-state index is 12.4. The Hall–Kier alpha value is -2.33. The molecule has 0 aliphatic rings. The summed E-state index contributed by atoms with van der Waals surface area (Å²) in [7, 11) is -1.70. The SMILES string of the molecule is C=CCOc1cccc([Si](C)(C)C)c1OC(=O)c1ccccc1. The van der Waals surface area contributed by atoms with E-state index in [2.05, 4.69) is 26.2 Å². The third-order valence-corrected chi connectivity index (χ3v) is 5.36. The molecule has 120 valence electrons. The molecule has 0 spiro atoms. The molecule has 0 fully saturated rings. The van der Waals surface area contributed by atoms with Crippen LogP contribution in [0.1, 0.15) is 10.4 Å². The molecular weight excluding hydrogens is 304 g/mol. The fourth-order valence-corrected chi connectivity index (χ4v) is 3.65. The molecule has 0 aromatic heterocycles. The summed E-state index contributed by atoms with van der Waals surface area (Å²) >= 11 is 0. The molecule has 0 N–H and O–H groups in total. The average Bonchev–Trinajstić information content (AvgIpc) is 2.53. The minimum absolute atomic E-state index is 0.366. The molecule has 0 radical (unpaired) electrons. The number of benzene rings is 2. The van der Waals surface area contributed by atoms with Crippen molar-refractivity contribution in [1.82, 2.24) is 0 Å². The summed E-state index contributed by atoms with van der Waals surface area (Å²) in [6, 6.07) is 14.7. The van der Waals surface area contributed by atoms with Gasteiger partial charge in [0.25, 0.3) is 0 Å². The smallest absolute Gasteiger partial charge is 0.343 e. The average molecular weight is 326 g/mol. The quantitative estimate of drug-likeness (QED) is 0.348. The third-order valence-electron chi connectivity index (χ3n) is 3.35. The van der Waals surface area contributed by atoms with Crippen LogP contribution in [0.2, 0.25) is 19.6 Å². The van der Waals surface area contributed by atoms with Gasteiger partial charge in [0.05, 0.1) is 13.6 Å². The van der Waals surface area contributed by atoms with E-state index in [1.165, 1.54) is 0 Å². The van der Waals surface area contributed by atoms with E-state index in [-0.39, 0.29) is 5.97 Å². The highest BCUT2D eigenvalue weighted by atomic mass is 28.3. The van der Waals surface area contributed by atoms with Gasteiger partial charge in [-0.1, -0.05) is 62.6 Å². The molecule has 0 heterocycles. The van der Waals surface area contributed by atoms with Crippen molar-refractivity contribution in [3.8, 4) is 11.5 Å². The molecule has 3 nitrogen and oxygen atoms in total. The highest BCUT2D eigenvalue weighted by Gasteiger charge is 2.25. The number of hydrogen-bond acceptors (Lipinski definition) is 3. The van der Waals surface area contributed by atoms with E-state index >= 15 is 0 Å². The molecule has 4 heteroatoms. The van der Waals surface area contributed by atoms with Crippen LogP contribution < -0.4 is 14.7 Å². The van der Waals surface area contributed by atoms with Crippen molar-refractivity contribution in [2.75, 3.05) is 6.61 Å². The first kappa shape index (κ1) is 17.0. The second-order valence-electron chi connectivity index (χ2n) is 6.24. The van der Waals surface area contributed by atoms with Crippen LogP contribution in [0.5, 0.6) is 11.5 Å². The van der Waals surface area contributed by atoms with Crippen molar-refractivity contribution < 1.29 is 14.3 Å². The Bertz CT molecular complexity index is 688. The van der Waals surface area contributed by atoms with Gasteiger partial charge in [-0.05, 0) is 23.4 Å². The lowest BCUT2D eigenvalue weighted by Gasteiger charge is -2.22. The fraction of sp³-hybridized carbons (Fsp3) is 0.211. The van der Waals surface area contributed by atoms with Crippen LogP contribution >= 0.6 is 0 Å². The molecule has 0 saturated heterocycles. The molecule has 0 saturated carbocycles. The van der Waals surface area contributed by atoms with Gasteiger partial charge in [-0.3, -0.25) is 0 Å². The Kier molecular flexibility index (Phi) is 5.39. The zero-order chi connectivity index (χ0) is 16.9. The molecule has 0 bridgehead atoms. The van der Waals surface area contributed by atoms with Gasteiger partial charge in [-0.25, -0.2) is 4.79 Å². The van der Waals surface area contributed by atoms with Crippen LogP contribution in [0.3, 0.4) is 0 Å². The van der Waals surface area contributed by atoms with Gasteiger partial charge < -0.3 is 9.47 Å². The number of esters is 1. The third kappa shape index (κ3) is 4.33. The van der Waals surface area contributed by atoms with Crippen LogP contribution in [-0.2, 0) is 0 Å². The second kappa shape index (κ2) is 7.29. The molecule has 23 heavy (non-hydrogen) atoms. The Balaban J connectivity index is 2.41. The largest absolute Gasteiger partial charge is 0.486 e. The zero-order valence-corrected chi connectivity index (χ0v) is 14.8. The number of carbonyl (C=O) groups is 1. The molecule has 2 rings (SSSR count). The van der Waals surface area contributed by atoms with E-state index in [1.54, 1.807) is 18.2 Å². The summed E-state index contributed by atoms with van der Waals surface area (Å²) in [4.78, 5) is 12.4. The van der Waals surface area contributed by atoms with E-state index in [0.717, 1.165) is 5.19 Å². The van der Waals surface area contributed by atoms with Crippen LogP contribution in [0, 0.1) is 0 Å². The van der Waals surface area contributed by atoms with E-state index in [1.807, 2.05) is 36.4 Å². The lowest BCUT2D eigenvalue weighted by atomic mass is 10.2. The van der Waals surface area contributed by atoms with E-state index < -0.39 is 8.07 Å². The van der Waals surface area contributed by atoms with Crippen LogP contribution in [-0.4, -0.2) is 20.7 Å². The first-order valence-corrected chi connectivity index (χ1v) is 11.1. The van der Waals surface area contributed by atoms with Crippen molar-refractivity contribution in [3.05, 3.63) is 66.7 Å². The topological polar surface area (TPSA) is 35.5 Å². The van der Waals surface area contributed by atoms with E-state index in [9.17, 15) is 4.79 Å². The number of carbonyl (C=O) groups excluding carboxylic acids is 1. The Morgan fingerprint density at radius 1 is 1.09 bits per heavy atom. The van der Waals surface area contributed by atoms with Crippen LogP contribution in [0.15, 0.2) is 61.2 Å². The zero-order valence-electron chi connectivity index (χ0n) is 13.8. The lowest BCUT2D eigenvalue weighted by Crippen LogP contribution is -2.39. The van der Waals surface area contributed by atoms with Gasteiger partial charge in [-0.15, -0.1) is 0 Å². The summed E-state index contributed by atoms with van der Waals surface area (Å²) in [5, 5.41) is 1.06. The Morgan fingerprint density at radius 3 is 2.39 bits per heavy atom. The van der Waals surface area contributed by atoms with Crippen molar-refractivity contribution in [3.63, 3.8) is 0 Å². The highest BCUT2D eigenvalue weighted by Crippen LogP contribution is 2.28. The Morgan fingerprint density at radius 2 is 1.78 bits per heavy atom. The summed E-state index contributed by atoms with van der Waals surface area (Å²) < 4.78 is 11.4. The van der Waals surface area contributed by atoms with E-state index in [4.69, 9.17) is 9.47 Å². The molecule has 0 atom stereocenters. The monoisotopic (exact) mass is 326 g/mol. The van der Waals surface area contributed by atoms with Gasteiger partial charge in [-0.2, -0.15) is 0 Å². The predicted octanol–water partition coefficient (Wildman–Crippen LogP) is 4.02. The standard InChI is InChI=1S/C19H22O3Si/c1-5-14-21-16-12-9-13-17(23(2,3)4)18(16)22-19(20)15-10-7-6-8-11-15/h5-13H,1,14H2,2-4H3. The molecule has 2 aromatic rings. The maximum absolute atomic E-state index is 12.4. The molecule has 0 amide bonds. The van der Waals surface area contributed by atoms with Gasteiger partial charge in [0.15, 0.2) is 11.5 Å². The van der Waals surface area contributed by atoms with Crippen LogP contribution in [0.25, 0.3) is 0 Å². The Labute approximate surface area is 138 Å². The van der Waals surface area contributed by atoms with E-state index in [0.29, 0.717) is 23.7 Å². The van der Waals surface area contributed by atoms with Gasteiger partial charge >= 0.3 is 5.97 Å². The molecular formula is C19H22O3Si. The normalized spacial score (nSPS) is 10.9. The lowest BCUT2D eigenvalue weighted by molar-refractivity contribution is 0.0730. The first-order valence-electron chi connectivity index (χ1n) is 7.58. The van der Waals surface area contributed by atoms with Crippen molar-refractivity contribution in [2.24, 2.45) is 0 Å². The minimum Gasteiger partial charge on any atom is -0.486 e. The summed E-state index contributed by atoms with van der Waals surface area (Å²) in [6.45, 7) is 10.7. The van der Waals surface area contributed by atoms with Gasteiger partial charge in [0.2, 0.25) is 0 Å². The van der Waals surface area contributed by atoms with Crippen LogP contribution in [0.4, 0.5) is 0 Å². The predicted molar refractivity (Wildman–Crippen MR) is 96.5 cm³/mol. The number of para-hydroxylation sites is 1. The fourth-order valence-electron chi connectivity index (χ4n) is 2.20. The highest BCUT2D eigenvalue weighted by molar-refractivity contribution is 6.89. The minimum atomic E-state index is -1.70. The molecule has 0 aliphatic heterocycles. The summed E-state index contributed by atoms with van der Waals surface area (Å²) in [5.41, 5.74) is 0.521. The number of ether oxygens (including phenoxy) is 2. The molecule has 0 aliphatic carbocycles. The number of rotatable bonds is 6. The number of hydrogen-bond donors (Lipinski definition) is 0. The first-order chi connectivity index (χ1) is 10.9. The van der Waals surface area contributed by atoms with Crippen molar-refractivity contribution >= 4 is 19.2 Å². The molecule has 2 aromatic carbocycles. The van der Waals surface area contributed by atoms with Crippen molar-refractivity contribution in [2.45, 2.75) is 19.6 Å². The second-order valence-corrected chi connectivity index (χ2v) is 11.3. The van der Waals surface area contributed by atoms with Crippen molar-refractivity contribution in [1.29, 1.82) is 0 Å². The summed E-state index contributed by atoms with van der Waals surface area (Å²) in [5.74, 6) is 0.733. The van der Waals surface area contributed by atoms with Gasteiger partial charge in [0, 0.05) is 0 Å². The molecule has 0 unspecified atom stereocenters. The maximum Gasteiger partial charge on any atom is 0.343 e. The van der Waals surface area contributed by atoms with Gasteiger partial charge in [0.1, 0.15) is 6.61 Å².